The average Bonchev–Trinajstić information content (AvgIpc) is 2.91. The summed E-state index contributed by atoms with van der Waals surface area (Å²) in [5, 5.41) is 3.26. The van der Waals surface area contributed by atoms with Crippen LogP contribution in [0.5, 0.6) is 0 Å². The maximum Gasteiger partial charge on any atom is 0.211 e. The van der Waals surface area contributed by atoms with E-state index in [1.807, 2.05) is 62.4 Å². The van der Waals surface area contributed by atoms with E-state index in [1.54, 1.807) is 7.11 Å². The molecule has 0 aromatic heterocycles. The molecule has 1 heterocycles. The smallest absolute Gasteiger partial charge is 0.211 e. The van der Waals surface area contributed by atoms with Gasteiger partial charge in [0.1, 0.15) is 0 Å². The van der Waals surface area contributed by atoms with Crippen LogP contribution in [-0.2, 0) is 4.74 Å². The molecule has 0 radical (unpaired) electrons. The molecule has 0 saturated heterocycles. The summed E-state index contributed by atoms with van der Waals surface area (Å²) in [6.07, 6.45) is -0.0226. The molecular formula is C19H19NO2. The molecule has 1 atom stereocenters. The molecule has 0 spiro atoms. The minimum Gasteiger partial charge on any atom is -0.377 e. The number of anilines is 1. The zero-order chi connectivity index (χ0) is 15.7. The van der Waals surface area contributed by atoms with Gasteiger partial charge in [0.25, 0.3) is 0 Å². The number of benzene rings is 2. The Bertz CT molecular complexity index is 762. The molecule has 3 rings (SSSR count). The van der Waals surface area contributed by atoms with Gasteiger partial charge in [-0.2, -0.15) is 0 Å². The first-order chi connectivity index (χ1) is 10.6. The topological polar surface area (TPSA) is 38.3 Å². The number of hydrogen-bond donors (Lipinski definition) is 1. The summed E-state index contributed by atoms with van der Waals surface area (Å²) in [5.41, 5.74) is 5.33. The molecule has 3 heteroatoms. The third-order valence-electron chi connectivity index (χ3n) is 4.19. The minimum atomic E-state index is -0.0226. The Morgan fingerprint density at radius 3 is 2.50 bits per heavy atom. The zero-order valence-electron chi connectivity index (χ0n) is 13.0. The number of carbonyl (C=O) groups is 1. The van der Waals surface area contributed by atoms with Gasteiger partial charge in [0, 0.05) is 18.4 Å². The summed E-state index contributed by atoms with van der Waals surface area (Å²) < 4.78 is 5.45. The standard InChI is InChI=1S/C19H19NO2/c1-12(14-8-4-5-9-15(14)13(2)22-3)18-19(21)16-10-6-7-11-17(16)20-18/h4-11,13,20H,1-3H3/b18-12-/t13-/m1/s1. The number of nitrogens with one attached hydrogen (secondary N) is 1. The summed E-state index contributed by atoms with van der Waals surface area (Å²) in [6.45, 7) is 3.99. The van der Waals surface area contributed by atoms with E-state index in [4.69, 9.17) is 4.74 Å². The maximum absolute atomic E-state index is 12.6. The van der Waals surface area contributed by atoms with Crippen molar-refractivity contribution >= 4 is 17.0 Å². The lowest BCUT2D eigenvalue weighted by molar-refractivity contribution is 0.104. The van der Waals surface area contributed by atoms with E-state index in [2.05, 4.69) is 5.32 Å². The average molecular weight is 293 g/mol. The van der Waals surface area contributed by atoms with Gasteiger partial charge >= 0.3 is 0 Å². The predicted molar refractivity (Wildman–Crippen MR) is 88.9 cm³/mol. The first-order valence-corrected chi connectivity index (χ1v) is 7.37. The summed E-state index contributed by atoms with van der Waals surface area (Å²) in [7, 11) is 1.69. The van der Waals surface area contributed by atoms with Crippen LogP contribution in [0, 0.1) is 0 Å². The minimum absolute atomic E-state index is 0.0226. The van der Waals surface area contributed by atoms with Crippen LogP contribution in [0.15, 0.2) is 54.2 Å². The maximum atomic E-state index is 12.6. The van der Waals surface area contributed by atoms with Gasteiger partial charge in [0.15, 0.2) is 0 Å². The fourth-order valence-corrected chi connectivity index (χ4v) is 2.83. The van der Waals surface area contributed by atoms with Gasteiger partial charge in [-0.05, 0) is 42.7 Å². The second-order valence-electron chi connectivity index (χ2n) is 5.46. The van der Waals surface area contributed by atoms with Crippen LogP contribution >= 0.6 is 0 Å². The van der Waals surface area contributed by atoms with Crippen molar-refractivity contribution in [3.05, 3.63) is 70.9 Å². The fourth-order valence-electron chi connectivity index (χ4n) is 2.83. The van der Waals surface area contributed by atoms with Gasteiger partial charge in [-0.3, -0.25) is 4.79 Å². The third kappa shape index (κ3) is 2.34. The van der Waals surface area contributed by atoms with Crippen molar-refractivity contribution < 1.29 is 9.53 Å². The van der Waals surface area contributed by atoms with Gasteiger partial charge in [-0.25, -0.2) is 0 Å². The fraction of sp³-hybridized carbons (Fsp3) is 0.211. The Kier molecular flexibility index (Phi) is 3.82. The first-order valence-electron chi connectivity index (χ1n) is 7.37. The Morgan fingerprint density at radius 1 is 1.09 bits per heavy atom. The van der Waals surface area contributed by atoms with E-state index in [0.29, 0.717) is 5.70 Å². The molecule has 1 aliphatic heterocycles. The molecule has 112 valence electrons. The van der Waals surface area contributed by atoms with E-state index in [9.17, 15) is 4.79 Å². The van der Waals surface area contributed by atoms with E-state index in [0.717, 1.165) is 28.0 Å². The molecule has 0 aliphatic carbocycles. The molecule has 2 aromatic rings. The number of rotatable bonds is 3. The van der Waals surface area contributed by atoms with Crippen LogP contribution < -0.4 is 5.32 Å². The molecule has 22 heavy (non-hydrogen) atoms. The van der Waals surface area contributed by atoms with Crippen molar-refractivity contribution in [3.63, 3.8) is 0 Å². The lowest BCUT2D eigenvalue weighted by Gasteiger charge is -2.16. The van der Waals surface area contributed by atoms with E-state index < -0.39 is 0 Å². The number of Topliss-reactive ketones (excluding diaryl/α,β-unsaturated/α-hetero) is 1. The number of allylic oxidation sites excluding steroid dienone is 2. The summed E-state index contributed by atoms with van der Waals surface area (Å²) in [6, 6.07) is 15.6. The highest BCUT2D eigenvalue weighted by Crippen LogP contribution is 2.34. The molecule has 2 aromatic carbocycles. The molecule has 1 aliphatic rings. The lowest BCUT2D eigenvalue weighted by Crippen LogP contribution is -2.06. The van der Waals surface area contributed by atoms with Crippen molar-refractivity contribution in [1.29, 1.82) is 0 Å². The molecule has 0 amide bonds. The van der Waals surface area contributed by atoms with Crippen LogP contribution in [0.25, 0.3) is 5.57 Å². The molecule has 3 nitrogen and oxygen atoms in total. The van der Waals surface area contributed by atoms with Gasteiger partial charge in [0.05, 0.1) is 11.8 Å². The summed E-state index contributed by atoms with van der Waals surface area (Å²) in [4.78, 5) is 12.6. The molecule has 0 bridgehead atoms. The van der Waals surface area contributed by atoms with Crippen LogP contribution in [0.4, 0.5) is 5.69 Å². The highest BCUT2D eigenvalue weighted by molar-refractivity contribution is 6.21. The number of carbonyl (C=O) groups excluding carboxylic acids is 1. The largest absolute Gasteiger partial charge is 0.377 e. The second-order valence-corrected chi connectivity index (χ2v) is 5.46. The molecule has 0 unspecified atom stereocenters. The van der Waals surface area contributed by atoms with Crippen LogP contribution in [-0.4, -0.2) is 12.9 Å². The zero-order valence-corrected chi connectivity index (χ0v) is 13.0. The normalized spacial score (nSPS) is 17.0. The van der Waals surface area contributed by atoms with Crippen molar-refractivity contribution in [1.82, 2.24) is 0 Å². The van der Waals surface area contributed by atoms with Crippen molar-refractivity contribution in [2.45, 2.75) is 20.0 Å². The molecule has 0 saturated carbocycles. The third-order valence-corrected chi connectivity index (χ3v) is 4.19. The Hall–Kier alpha value is -2.39. The van der Waals surface area contributed by atoms with Crippen LogP contribution in [0.2, 0.25) is 0 Å². The number of para-hydroxylation sites is 1. The van der Waals surface area contributed by atoms with Crippen molar-refractivity contribution in [2.24, 2.45) is 0 Å². The summed E-state index contributed by atoms with van der Waals surface area (Å²) in [5.74, 6) is 0.0490. The van der Waals surface area contributed by atoms with E-state index >= 15 is 0 Å². The number of methoxy groups -OCH3 is 1. The highest BCUT2D eigenvalue weighted by atomic mass is 16.5. The van der Waals surface area contributed by atoms with Crippen molar-refractivity contribution in [2.75, 3.05) is 12.4 Å². The van der Waals surface area contributed by atoms with Crippen LogP contribution in [0.3, 0.4) is 0 Å². The van der Waals surface area contributed by atoms with Crippen molar-refractivity contribution in [3.8, 4) is 0 Å². The highest BCUT2D eigenvalue weighted by Gasteiger charge is 2.27. The molecule has 0 fully saturated rings. The van der Waals surface area contributed by atoms with Gasteiger partial charge in [0.2, 0.25) is 5.78 Å². The van der Waals surface area contributed by atoms with E-state index in [-0.39, 0.29) is 11.9 Å². The Balaban J connectivity index is 2.09. The molecule has 1 N–H and O–H groups in total. The van der Waals surface area contributed by atoms with Crippen LogP contribution in [0.1, 0.15) is 41.4 Å². The summed E-state index contributed by atoms with van der Waals surface area (Å²) >= 11 is 0. The monoisotopic (exact) mass is 293 g/mol. The van der Waals surface area contributed by atoms with E-state index in [1.165, 1.54) is 0 Å². The van der Waals surface area contributed by atoms with Gasteiger partial charge < -0.3 is 10.1 Å². The second kappa shape index (κ2) is 5.78. The first kappa shape index (κ1) is 14.5. The quantitative estimate of drug-likeness (QED) is 0.851. The Morgan fingerprint density at radius 2 is 1.77 bits per heavy atom. The number of ketones is 1. The van der Waals surface area contributed by atoms with Gasteiger partial charge in [-0.1, -0.05) is 36.4 Å². The Labute approximate surface area is 130 Å². The predicted octanol–water partition coefficient (Wildman–Crippen LogP) is 4.43. The number of fused-ring (bicyclic) bond motifs is 1. The van der Waals surface area contributed by atoms with Gasteiger partial charge in [-0.15, -0.1) is 0 Å². The SMILES string of the molecule is CO[C@H](C)c1ccccc1/C(C)=C1\Nc2ccccc2C1=O. The lowest BCUT2D eigenvalue weighted by atomic mass is 9.95. The number of hydrogen-bond acceptors (Lipinski definition) is 3. The number of ether oxygens (including phenoxy) is 1. The molecular weight excluding hydrogens is 274 g/mol.